The van der Waals surface area contributed by atoms with Gasteiger partial charge < -0.3 is 9.47 Å². The van der Waals surface area contributed by atoms with Crippen molar-refractivity contribution < 1.29 is 33.1 Å². The Kier molecular flexibility index (Phi) is 8.17. The van der Waals surface area contributed by atoms with Crippen molar-refractivity contribution in [2.75, 3.05) is 6.54 Å². The summed E-state index contributed by atoms with van der Waals surface area (Å²) in [6.07, 6.45) is 2.95. The van der Waals surface area contributed by atoms with E-state index in [1.165, 1.54) is 24.0 Å². The summed E-state index contributed by atoms with van der Waals surface area (Å²) < 4.78 is 11.8. The van der Waals surface area contributed by atoms with E-state index in [1.54, 1.807) is 41.5 Å². The van der Waals surface area contributed by atoms with Gasteiger partial charge in [-0.25, -0.2) is 19.1 Å². The predicted octanol–water partition coefficient (Wildman–Crippen LogP) is 4.84. The predicted molar refractivity (Wildman–Crippen MR) is 125 cm³/mol. The third-order valence-electron chi connectivity index (χ3n) is 5.25. The Hall–Kier alpha value is -2.20. The van der Waals surface area contributed by atoms with Gasteiger partial charge in [-0.3, -0.25) is 4.79 Å². The second kappa shape index (κ2) is 9.97. The van der Waals surface area contributed by atoms with Gasteiger partial charge in [0.25, 0.3) is 0 Å². The number of hydrogen-bond acceptors (Lipinski definition) is 8. The molecule has 184 valence electrons. The van der Waals surface area contributed by atoms with Crippen LogP contribution in [0.2, 0.25) is 0 Å². The molecule has 2 heterocycles. The Labute approximate surface area is 199 Å². The number of quaternary nitrogens is 1. The Morgan fingerprint density at radius 1 is 1.15 bits per heavy atom. The SMILES string of the molecule is CC(=O)SC(CC(=O)[N+]1(C(=O)OC(C)(C)C)CCC[C@H]1C)c1cn(C(=O)OC(C)(C)C)cn1. The van der Waals surface area contributed by atoms with Gasteiger partial charge in [0, 0.05) is 26.0 Å². The molecule has 1 aromatic rings. The lowest BCUT2D eigenvalue weighted by Gasteiger charge is -2.34. The third-order valence-corrected chi connectivity index (χ3v) is 6.28. The van der Waals surface area contributed by atoms with Gasteiger partial charge in [0.15, 0.2) is 5.12 Å². The topological polar surface area (TPSA) is 105 Å². The fourth-order valence-corrected chi connectivity index (χ4v) is 4.68. The molecular formula is C23H36N3O6S+. The summed E-state index contributed by atoms with van der Waals surface area (Å²) in [5, 5.41) is -0.846. The monoisotopic (exact) mass is 482 g/mol. The van der Waals surface area contributed by atoms with Gasteiger partial charge in [-0.05, 0) is 48.5 Å². The smallest absolute Gasteiger partial charge is 0.443 e. The van der Waals surface area contributed by atoms with Crippen LogP contribution in [0.1, 0.15) is 85.6 Å². The van der Waals surface area contributed by atoms with Gasteiger partial charge in [0.05, 0.1) is 23.9 Å². The van der Waals surface area contributed by atoms with Crippen LogP contribution >= 0.6 is 11.8 Å². The Bertz CT molecular complexity index is 914. The van der Waals surface area contributed by atoms with Crippen LogP contribution in [-0.2, 0) is 19.1 Å². The van der Waals surface area contributed by atoms with E-state index in [0.29, 0.717) is 12.2 Å². The first kappa shape index (κ1) is 27.0. The number of imide groups is 1. The number of imidazole rings is 1. The molecule has 1 saturated heterocycles. The minimum atomic E-state index is -0.731. The molecule has 1 fully saturated rings. The molecule has 0 aromatic carbocycles. The van der Waals surface area contributed by atoms with Crippen molar-refractivity contribution >= 4 is 35.0 Å². The summed E-state index contributed by atoms with van der Waals surface area (Å²) in [7, 11) is 0. The number of nitrogens with zero attached hydrogens (tertiary/aromatic N) is 3. The second-order valence-electron chi connectivity index (χ2n) is 10.4. The van der Waals surface area contributed by atoms with Crippen LogP contribution in [0.3, 0.4) is 0 Å². The van der Waals surface area contributed by atoms with E-state index in [0.717, 1.165) is 24.6 Å². The van der Waals surface area contributed by atoms with E-state index in [9.17, 15) is 19.2 Å². The quantitative estimate of drug-likeness (QED) is 0.562. The van der Waals surface area contributed by atoms with Crippen molar-refractivity contribution in [3.8, 4) is 0 Å². The summed E-state index contributed by atoms with van der Waals surface area (Å²) >= 11 is 0.953. The van der Waals surface area contributed by atoms with Crippen molar-refractivity contribution in [2.24, 2.45) is 0 Å². The molecular weight excluding hydrogens is 446 g/mol. The molecule has 2 amide bonds. The number of rotatable bonds is 4. The average Bonchev–Trinajstić information content (AvgIpc) is 3.25. The van der Waals surface area contributed by atoms with E-state index in [4.69, 9.17) is 9.47 Å². The summed E-state index contributed by atoms with van der Waals surface area (Å²) in [5.41, 5.74) is -1.02. The second-order valence-corrected chi connectivity index (χ2v) is 11.8. The van der Waals surface area contributed by atoms with E-state index < -0.39 is 33.1 Å². The summed E-state index contributed by atoms with van der Waals surface area (Å²) in [4.78, 5) is 55.4. The number of likely N-dealkylation sites (tertiary alicyclic amines) is 1. The molecule has 0 radical (unpaired) electrons. The van der Waals surface area contributed by atoms with Gasteiger partial charge in [0.2, 0.25) is 0 Å². The largest absolute Gasteiger partial charge is 0.524 e. The number of aromatic nitrogens is 2. The van der Waals surface area contributed by atoms with E-state index in [-0.39, 0.29) is 23.5 Å². The van der Waals surface area contributed by atoms with Crippen LogP contribution in [0.25, 0.3) is 0 Å². The van der Waals surface area contributed by atoms with E-state index in [2.05, 4.69) is 4.98 Å². The van der Waals surface area contributed by atoms with Crippen LogP contribution in [0.5, 0.6) is 0 Å². The van der Waals surface area contributed by atoms with Crippen LogP contribution in [0, 0.1) is 0 Å². The summed E-state index contributed by atoms with van der Waals surface area (Å²) in [5.74, 6) is -0.320. The van der Waals surface area contributed by atoms with Crippen molar-refractivity contribution in [1.82, 2.24) is 9.55 Å². The number of carbonyl (C=O) groups excluding carboxylic acids is 4. The van der Waals surface area contributed by atoms with Gasteiger partial charge in [-0.2, -0.15) is 9.28 Å². The molecule has 0 spiro atoms. The van der Waals surface area contributed by atoms with Crippen LogP contribution in [-0.4, -0.2) is 61.0 Å². The van der Waals surface area contributed by atoms with Crippen molar-refractivity contribution in [2.45, 2.75) is 97.1 Å². The van der Waals surface area contributed by atoms with Crippen molar-refractivity contribution in [3.63, 3.8) is 0 Å². The average molecular weight is 483 g/mol. The van der Waals surface area contributed by atoms with Crippen molar-refractivity contribution in [1.29, 1.82) is 0 Å². The maximum Gasteiger partial charge on any atom is 0.524 e. The van der Waals surface area contributed by atoms with Gasteiger partial charge >= 0.3 is 18.1 Å². The van der Waals surface area contributed by atoms with E-state index >= 15 is 0 Å². The molecule has 2 unspecified atom stereocenters. The molecule has 2 rings (SSSR count). The fraction of sp³-hybridized carbons (Fsp3) is 0.696. The first-order chi connectivity index (χ1) is 15.0. The van der Waals surface area contributed by atoms with Gasteiger partial charge in [-0.1, -0.05) is 11.8 Å². The molecule has 0 N–H and O–H groups in total. The molecule has 0 bridgehead atoms. The zero-order valence-corrected chi connectivity index (χ0v) is 21.7. The number of thioether (sulfide) groups is 1. The molecule has 3 atom stereocenters. The summed E-state index contributed by atoms with van der Waals surface area (Å²) in [6.45, 7) is 14.2. The molecule has 0 aliphatic carbocycles. The molecule has 0 saturated carbocycles. The molecule has 9 nitrogen and oxygen atoms in total. The molecule has 33 heavy (non-hydrogen) atoms. The lowest BCUT2D eigenvalue weighted by Crippen LogP contribution is -2.60. The number of amides is 2. The molecule has 1 aliphatic rings. The molecule has 1 aromatic heterocycles. The lowest BCUT2D eigenvalue weighted by molar-refractivity contribution is -0.794. The fourth-order valence-electron chi connectivity index (χ4n) is 3.81. The molecule has 10 heteroatoms. The molecule has 1 aliphatic heterocycles. The van der Waals surface area contributed by atoms with E-state index in [1.807, 2.05) is 6.92 Å². The lowest BCUT2D eigenvalue weighted by atomic mass is 10.1. The normalized spacial score (nSPS) is 22.0. The third kappa shape index (κ3) is 6.89. The Balaban J connectivity index is 2.32. The van der Waals surface area contributed by atoms with Gasteiger partial charge in [0.1, 0.15) is 23.6 Å². The highest BCUT2D eigenvalue weighted by molar-refractivity contribution is 8.13. The first-order valence-electron chi connectivity index (χ1n) is 11.1. The maximum atomic E-state index is 13.6. The zero-order chi connectivity index (χ0) is 25.2. The summed E-state index contributed by atoms with van der Waals surface area (Å²) in [6, 6.07) is -0.227. The Morgan fingerprint density at radius 3 is 2.24 bits per heavy atom. The number of ether oxygens (including phenoxy) is 2. The minimum Gasteiger partial charge on any atom is -0.443 e. The maximum absolute atomic E-state index is 13.6. The van der Waals surface area contributed by atoms with Crippen LogP contribution < -0.4 is 0 Å². The van der Waals surface area contributed by atoms with Crippen LogP contribution in [0.4, 0.5) is 9.59 Å². The zero-order valence-electron chi connectivity index (χ0n) is 20.8. The number of carbonyl (C=O) groups is 4. The first-order valence-corrected chi connectivity index (χ1v) is 12.0. The highest BCUT2D eigenvalue weighted by atomic mass is 32.2. The van der Waals surface area contributed by atoms with Crippen LogP contribution in [0.15, 0.2) is 12.5 Å². The van der Waals surface area contributed by atoms with Gasteiger partial charge in [-0.15, -0.1) is 0 Å². The number of hydrogen-bond donors (Lipinski definition) is 0. The highest BCUT2D eigenvalue weighted by Crippen LogP contribution is 2.37. The highest BCUT2D eigenvalue weighted by Gasteiger charge is 2.55. The standard InChI is InChI=1S/C23H36N3O6S/c1-15-10-9-11-26(15,21(30)32-23(6,7)8)19(28)12-18(33-16(2)27)17-13-25(14-24-17)20(29)31-22(3,4)5/h13-15,18H,9-12H2,1-8H3/q+1/t15-,18?,26?/m1/s1. The minimum absolute atomic E-state index is 0.0981. The Morgan fingerprint density at radius 2 is 1.76 bits per heavy atom. The van der Waals surface area contributed by atoms with Crippen molar-refractivity contribution in [3.05, 3.63) is 18.2 Å².